The minimum atomic E-state index is -4.68. The van der Waals surface area contributed by atoms with Crippen LogP contribution in [0.1, 0.15) is 53.2 Å². The fourth-order valence-electron chi connectivity index (χ4n) is 4.45. The maximum Gasteiger partial charge on any atom is 0.416 e. The Kier molecular flexibility index (Phi) is 6.26. The van der Waals surface area contributed by atoms with Crippen molar-refractivity contribution in [2.24, 2.45) is 7.05 Å². The van der Waals surface area contributed by atoms with E-state index in [9.17, 15) is 18.0 Å². The van der Waals surface area contributed by atoms with Gasteiger partial charge in [-0.1, -0.05) is 0 Å². The molecule has 1 saturated heterocycles. The zero-order valence-electron chi connectivity index (χ0n) is 20.3. The van der Waals surface area contributed by atoms with E-state index >= 15 is 4.39 Å². The van der Waals surface area contributed by atoms with Crippen molar-refractivity contribution in [3.8, 4) is 11.3 Å². The van der Waals surface area contributed by atoms with E-state index in [0.29, 0.717) is 42.7 Å². The van der Waals surface area contributed by atoms with Crippen LogP contribution in [0.4, 0.5) is 17.6 Å². The van der Waals surface area contributed by atoms with Crippen molar-refractivity contribution >= 4 is 11.2 Å². The minimum absolute atomic E-state index is 0.0898. The molecule has 0 radical (unpaired) electrons. The fraction of sp³-hybridized carbons (Fsp3) is 0.346. The molecule has 3 aromatic heterocycles. The lowest BCUT2D eigenvalue weighted by atomic mass is 9.91. The van der Waals surface area contributed by atoms with Crippen LogP contribution < -0.4 is 5.56 Å². The number of rotatable bonds is 3. The quantitative estimate of drug-likeness (QED) is 0.351. The van der Waals surface area contributed by atoms with E-state index in [1.54, 1.807) is 33.2 Å². The smallest absolute Gasteiger partial charge is 0.373 e. The molecule has 1 fully saturated rings. The van der Waals surface area contributed by atoms with E-state index in [4.69, 9.17) is 4.74 Å². The topological polar surface area (TPSA) is 82.8 Å². The van der Waals surface area contributed by atoms with Crippen LogP contribution in [0.3, 0.4) is 0 Å². The van der Waals surface area contributed by atoms with Gasteiger partial charge in [-0.2, -0.15) is 13.2 Å². The summed E-state index contributed by atoms with van der Waals surface area (Å²) in [5.41, 5.74) is 1.25. The molecule has 0 amide bonds. The van der Waals surface area contributed by atoms with Crippen LogP contribution in [-0.2, 0) is 18.0 Å². The Balaban J connectivity index is 1.61. The summed E-state index contributed by atoms with van der Waals surface area (Å²) in [6.45, 7) is 3.91. The zero-order valence-corrected chi connectivity index (χ0v) is 20.3. The zero-order chi connectivity index (χ0) is 26.5. The number of aryl methyl sites for hydroxylation is 3. The summed E-state index contributed by atoms with van der Waals surface area (Å²) in [7, 11) is 1.66. The van der Waals surface area contributed by atoms with Gasteiger partial charge < -0.3 is 9.30 Å². The molecule has 1 aliphatic heterocycles. The predicted octanol–water partition coefficient (Wildman–Crippen LogP) is 5.20. The highest BCUT2D eigenvalue weighted by Crippen LogP contribution is 2.38. The van der Waals surface area contributed by atoms with Gasteiger partial charge in [0.25, 0.3) is 0 Å². The molecular formula is C26H23F4N5O2. The summed E-state index contributed by atoms with van der Waals surface area (Å²) in [6, 6.07) is 5.54. The number of benzene rings is 1. The van der Waals surface area contributed by atoms with Crippen LogP contribution in [0.15, 0.2) is 41.3 Å². The van der Waals surface area contributed by atoms with Crippen LogP contribution >= 0.6 is 0 Å². The Labute approximate surface area is 209 Å². The van der Waals surface area contributed by atoms with E-state index in [-0.39, 0.29) is 40.0 Å². The van der Waals surface area contributed by atoms with Gasteiger partial charge in [0, 0.05) is 37.4 Å². The molecule has 0 N–H and O–H groups in total. The molecule has 2 atom stereocenters. The van der Waals surface area contributed by atoms with Gasteiger partial charge in [-0.3, -0.25) is 4.79 Å². The second-order valence-electron chi connectivity index (χ2n) is 9.18. The minimum Gasteiger partial charge on any atom is -0.373 e. The van der Waals surface area contributed by atoms with Crippen molar-refractivity contribution in [2.45, 2.75) is 44.9 Å². The van der Waals surface area contributed by atoms with Gasteiger partial charge >= 0.3 is 6.18 Å². The molecular weight excluding hydrogens is 490 g/mol. The largest absolute Gasteiger partial charge is 0.416 e. The number of aromatic nitrogens is 5. The van der Waals surface area contributed by atoms with E-state index in [0.717, 1.165) is 17.7 Å². The van der Waals surface area contributed by atoms with Crippen molar-refractivity contribution in [1.29, 1.82) is 0 Å². The number of halogens is 4. The molecule has 1 aromatic carbocycles. The first-order valence-corrected chi connectivity index (χ1v) is 11.7. The molecule has 7 nitrogen and oxygen atoms in total. The maximum absolute atomic E-state index is 15.0. The highest BCUT2D eigenvalue weighted by Gasteiger charge is 2.32. The van der Waals surface area contributed by atoms with Crippen molar-refractivity contribution in [3.63, 3.8) is 0 Å². The molecule has 0 spiro atoms. The molecule has 5 rings (SSSR count). The van der Waals surface area contributed by atoms with Gasteiger partial charge in [0.1, 0.15) is 22.9 Å². The second-order valence-corrected chi connectivity index (χ2v) is 9.18. The second kappa shape index (κ2) is 9.29. The first-order valence-electron chi connectivity index (χ1n) is 11.7. The monoisotopic (exact) mass is 513 g/mol. The lowest BCUT2D eigenvalue weighted by Gasteiger charge is -2.29. The molecule has 192 valence electrons. The summed E-state index contributed by atoms with van der Waals surface area (Å²) >= 11 is 0. The van der Waals surface area contributed by atoms with Crippen LogP contribution in [-0.4, -0.2) is 31.1 Å². The third-order valence-electron chi connectivity index (χ3n) is 6.64. The Hall–Kier alpha value is -3.73. The third-order valence-corrected chi connectivity index (χ3v) is 6.64. The highest BCUT2D eigenvalue weighted by molar-refractivity contribution is 5.87. The third kappa shape index (κ3) is 4.83. The van der Waals surface area contributed by atoms with E-state index in [2.05, 4.69) is 19.9 Å². The van der Waals surface area contributed by atoms with Gasteiger partial charge in [0.15, 0.2) is 5.65 Å². The Morgan fingerprint density at radius 3 is 2.49 bits per heavy atom. The number of hydrogen-bond donors (Lipinski definition) is 0. The number of pyridine rings is 1. The van der Waals surface area contributed by atoms with Crippen LogP contribution in [0.5, 0.6) is 0 Å². The summed E-state index contributed by atoms with van der Waals surface area (Å²) in [5.74, 6) is -0.867. The van der Waals surface area contributed by atoms with Gasteiger partial charge in [-0.05, 0) is 56.5 Å². The van der Waals surface area contributed by atoms with Crippen LogP contribution in [0, 0.1) is 19.7 Å². The summed E-state index contributed by atoms with van der Waals surface area (Å²) < 4.78 is 61.9. The van der Waals surface area contributed by atoms with Gasteiger partial charge in [-0.25, -0.2) is 24.3 Å². The summed E-state index contributed by atoms with van der Waals surface area (Å²) in [4.78, 5) is 30.1. The number of alkyl halides is 3. The number of ether oxygens (including phenoxy) is 1. The molecule has 0 aliphatic carbocycles. The predicted molar refractivity (Wildman–Crippen MR) is 127 cm³/mol. The highest BCUT2D eigenvalue weighted by atomic mass is 19.4. The van der Waals surface area contributed by atoms with Crippen molar-refractivity contribution in [1.82, 2.24) is 24.5 Å². The number of fused-ring (bicyclic) bond motifs is 1. The van der Waals surface area contributed by atoms with Gasteiger partial charge in [0.05, 0.1) is 23.1 Å². The number of nitrogens with zero attached hydrogens (tertiary/aromatic N) is 5. The molecule has 2 unspecified atom stereocenters. The first kappa shape index (κ1) is 24.9. The summed E-state index contributed by atoms with van der Waals surface area (Å²) in [5, 5.41) is 0. The maximum atomic E-state index is 15.0. The molecule has 4 heterocycles. The molecule has 0 bridgehead atoms. The molecule has 0 saturated carbocycles. The average Bonchev–Trinajstić information content (AvgIpc) is 2.85. The van der Waals surface area contributed by atoms with Crippen LogP contribution in [0.2, 0.25) is 0 Å². The van der Waals surface area contributed by atoms with Crippen molar-refractivity contribution in [2.75, 3.05) is 6.61 Å². The first-order chi connectivity index (χ1) is 17.5. The fourth-order valence-corrected chi connectivity index (χ4v) is 4.45. The van der Waals surface area contributed by atoms with E-state index in [1.807, 2.05) is 0 Å². The van der Waals surface area contributed by atoms with E-state index < -0.39 is 17.6 Å². The SMILES string of the molecule is Cc1nc2nc(C3CCOC(c4ccc(=O)n(C)c4)C3)nc(-c3ccc(C(F)(F)F)cc3F)c2nc1C. The molecule has 4 aromatic rings. The average molecular weight is 513 g/mol. The molecule has 11 heteroatoms. The van der Waals surface area contributed by atoms with Crippen molar-refractivity contribution < 1.29 is 22.3 Å². The van der Waals surface area contributed by atoms with Gasteiger partial charge in [-0.15, -0.1) is 0 Å². The standard InChI is InChI=1S/C26H23F4N5O2/c1-13-14(2)32-25-23(31-13)22(18-6-5-17(11-19(18)27)26(28,29)30)33-24(34-25)15-8-9-37-20(10-15)16-4-7-21(36)35(3)12-16/h4-7,11-12,15,20H,8-10H2,1-3H3. The van der Waals surface area contributed by atoms with E-state index in [1.165, 1.54) is 10.6 Å². The molecule has 37 heavy (non-hydrogen) atoms. The lowest BCUT2D eigenvalue weighted by Crippen LogP contribution is -2.23. The number of hydrogen-bond acceptors (Lipinski definition) is 6. The normalized spacial score (nSPS) is 18.4. The van der Waals surface area contributed by atoms with Crippen LogP contribution in [0.25, 0.3) is 22.4 Å². The Morgan fingerprint density at radius 1 is 1.03 bits per heavy atom. The van der Waals surface area contributed by atoms with Crippen molar-refractivity contribution in [3.05, 3.63) is 81.0 Å². The Morgan fingerprint density at radius 2 is 1.78 bits per heavy atom. The summed E-state index contributed by atoms with van der Waals surface area (Å²) in [6.07, 6.45) is -2.19. The molecule has 1 aliphatic rings. The lowest BCUT2D eigenvalue weighted by molar-refractivity contribution is -0.137. The van der Waals surface area contributed by atoms with Gasteiger partial charge in [0.2, 0.25) is 5.56 Å². The Bertz CT molecular complexity index is 1570.